The topological polar surface area (TPSA) is 38.3 Å². The number of hydrogen-bond acceptors (Lipinski definition) is 2. The summed E-state index contributed by atoms with van der Waals surface area (Å²) in [5, 5.41) is 5.29. The van der Waals surface area contributed by atoms with Gasteiger partial charge in [-0.25, -0.2) is 0 Å². The summed E-state index contributed by atoms with van der Waals surface area (Å²) in [5.74, 6) is 1.20. The third-order valence-electron chi connectivity index (χ3n) is 5.02. The van der Waals surface area contributed by atoms with Gasteiger partial charge in [0.1, 0.15) is 5.75 Å². The van der Waals surface area contributed by atoms with E-state index in [2.05, 4.69) is 49.5 Å². The van der Waals surface area contributed by atoms with E-state index < -0.39 is 6.10 Å². The molecule has 3 aromatic rings. The van der Waals surface area contributed by atoms with E-state index in [-0.39, 0.29) is 5.91 Å². The molecule has 1 atom stereocenters. The molecule has 3 heteroatoms. The normalized spacial score (nSPS) is 12.1. The highest BCUT2D eigenvalue weighted by Gasteiger charge is 2.18. The summed E-state index contributed by atoms with van der Waals surface area (Å²) in [6, 6.07) is 22.7. The second kappa shape index (κ2) is 9.41. The van der Waals surface area contributed by atoms with E-state index in [0.717, 1.165) is 22.9 Å². The van der Waals surface area contributed by atoms with Crippen LogP contribution in [-0.4, -0.2) is 18.6 Å². The van der Waals surface area contributed by atoms with Crippen LogP contribution in [0.1, 0.15) is 44.2 Å². The minimum Gasteiger partial charge on any atom is -0.481 e. The Balaban J connectivity index is 1.54. The van der Waals surface area contributed by atoms with Gasteiger partial charge in [0.15, 0.2) is 6.10 Å². The lowest BCUT2D eigenvalue weighted by Gasteiger charge is -2.18. The van der Waals surface area contributed by atoms with Gasteiger partial charge in [-0.3, -0.25) is 4.79 Å². The van der Waals surface area contributed by atoms with E-state index in [1.165, 1.54) is 11.1 Å². The minimum atomic E-state index is -0.482. The third kappa shape index (κ3) is 5.13. The van der Waals surface area contributed by atoms with Crippen LogP contribution in [0.25, 0.3) is 10.8 Å². The van der Waals surface area contributed by atoms with Crippen molar-refractivity contribution in [2.75, 3.05) is 6.54 Å². The summed E-state index contributed by atoms with van der Waals surface area (Å²) in [7, 11) is 0. The molecule has 3 aromatic carbocycles. The molecule has 0 fully saturated rings. The molecule has 0 saturated heterocycles. The van der Waals surface area contributed by atoms with E-state index in [1.807, 2.05) is 43.3 Å². The van der Waals surface area contributed by atoms with Gasteiger partial charge in [-0.05, 0) is 52.8 Å². The molecule has 0 unspecified atom stereocenters. The maximum Gasteiger partial charge on any atom is 0.261 e. The number of carbonyl (C=O) groups is 1. The van der Waals surface area contributed by atoms with Crippen molar-refractivity contribution in [1.29, 1.82) is 0 Å². The van der Waals surface area contributed by atoms with Gasteiger partial charge in [0.25, 0.3) is 5.91 Å². The summed E-state index contributed by atoms with van der Waals surface area (Å²) < 4.78 is 5.97. The molecule has 0 aliphatic rings. The molecule has 0 heterocycles. The van der Waals surface area contributed by atoms with E-state index in [1.54, 1.807) is 0 Å². The number of rotatable bonds is 8. The van der Waals surface area contributed by atoms with E-state index in [0.29, 0.717) is 18.9 Å². The Kier molecular flexibility index (Phi) is 6.70. The van der Waals surface area contributed by atoms with Gasteiger partial charge < -0.3 is 10.1 Å². The monoisotopic (exact) mass is 375 g/mol. The molecule has 3 rings (SSSR count). The predicted octanol–water partition coefficient (Wildman–Crippen LogP) is 5.48. The van der Waals surface area contributed by atoms with Crippen LogP contribution in [-0.2, 0) is 11.2 Å². The molecular weight excluding hydrogens is 346 g/mol. The molecule has 0 aliphatic heterocycles. The predicted molar refractivity (Wildman–Crippen MR) is 116 cm³/mol. The van der Waals surface area contributed by atoms with Gasteiger partial charge in [-0.15, -0.1) is 0 Å². The van der Waals surface area contributed by atoms with Crippen LogP contribution in [0, 0.1) is 0 Å². The lowest BCUT2D eigenvalue weighted by molar-refractivity contribution is -0.128. The van der Waals surface area contributed by atoms with Crippen LogP contribution >= 0.6 is 0 Å². The van der Waals surface area contributed by atoms with Crippen molar-refractivity contribution >= 4 is 16.7 Å². The first kappa shape index (κ1) is 19.9. The molecule has 1 N–H and O–H groups in total. The van der Waals surface area contributed by atoms with Crippen LogP contribution in [0.3, 0.4) is 0 Å². The molecule has 146 valence electrons. The summed E-state index contributed by atoms with van der Waals surface area (Å²) in [6.07, 6.45) is 0.961. The average molecular weight is 376 g/mol. The number of fused-ring (bicyclic) bond motifs is 1. The fourth-order valence-electron chi connectivity index (χ4n) is 3.24. The lowest BCUT2D eigenvalue weighted by atomic mass is 10.0. The van der Waals surface area contributed by atoms with E-state index in [4.69, 9.17) is 4.74 Å². The molecular formula is C25H29NO2. The highest BCUT2D eigenvalue weighted by atomic mass is 16.5. The van der Waals surface area contributed by atoms with Gasteiger partial charge in [0.05, 0.1) is 0 Å². The van der Waals surface area contributed by atoms with E-state index >= 15 is 0 Å². The van der Waals surface area contributed by atoms with Crippen LogP contribution in [0.4, 0.5) is 0 Å². The first-order valence-electron chi connectivity index (χ1n) is 10.1. The number of amides is 1. The summed E-state index contributed by atoms with van der Waals surface area (Å²) in [4.78, 5) is 12.5. The van der Waals surface area contributed by atoms with Gasteiger partial charge in [-0.2, -0.15) is 0 Å². The van der Waals surface area contributed by atoms with E-state index in [9.17, 15) is 4.79 Å². The summed E-state index contributed by atoms with van der Waals surface area (Å²) in [6.45, 7) is 6.96. The summed E-state index contributed by atoms with van der Waals surface area (Å²) in [5.41, 5.74) is 2.57. The fraction of sp³-hybridized carbons (Fsp3) is 0.320. The minimum absolute atomic E-state index is 0.0607. The summed E-state index contributed by atoms with van der Waals surface area (Å²) >= 11 is 0. The average Bonchev–Trinajstić information content (AvgIpc) is 2.72. The Morgan fingerprint density at radius 1 is 0.964 bits per heavy atom. The Morgan fingerprint density at radius 2 is 1.68 bits per heavy atom. The van der Waals surface area contributed by atoms with Crippen LogP contribution in [0.15, 0.2) is 66.7 Å². The Hall–Kier alpha value is -2.81. The molecule has 0 radical (unpaired) electrons. The zero-order valence-corrected chi connectivity index (χ0v) is 16.9. The molecule has 28 heavy (non-hydrogen) atoms. The maximum atomic E-state index is 12.5. The van der Waals surface area contributed by atoms with Crippen molar-refractivity contribution in [3.8, 4) is 5.75 Å². The smallest absolute Gasteiger partial charge is 0.261 e. The van der Waals surface area contributed by atoms with Crippen molar-refractivity contribution < 1.29 is 9.53 Å². The second-order valence-corrected chi connectivity index (χ2v) is 7.46. The number of nitrogens with one attached hydrogen (secondary N) is 1. The highest BCUT2D eigenvalue weighted by Crippen LogP contribution is 2.22. The first-order valence-corrected chi connectivity index (χ1v) is 10.1. The number of benzene rings is 3. The van der Waals surface area contributed by atoms with Gasteiger partial charge >= 0.3 is 0 Å². The molecule has 0 spiro atoms. The SMILES string of the molecule is CC[C@@H](Oc1ccc2ccccc2c1)C(=O)NCCc1ccc(C(C)C)cc1. The van der Waals surface area contributed by atoms with Crippen molar-refractivity contribution in [3.05, 3.63) is 77.9 Å². The largest absolute Gasteiger partial charge is 0.481 e. The van der Waals surface area contributed by atoms with Crippen LogP contribution in [0.2, 0.25) is 0 Å². The zero-order valence-electron chi connectivity index (χ0n) is 16.9. The van der Waals surface area contributed by atoms with Gasteiger partial charge in [0, 0.05) is 6.54 Å². The Morgan fingerprint density at radius 3 is 2.36 bits per heavy atom. The number of hydrogen-bond donors (Lipinski definition) is 1. The van der Waals surface area contributed by atoms with Crippen molar-refractivity contribution in [1.82, 2.24) is 5.32 Å². The highest BCUT2D eigenvalue weighted by molar-refractivity contribution is 5.84. The molecule has 0 bridgehead atoms. The Labute approximate surface area is 167 Å². The van der Waals surface area contributed by atoms with Gasteiger partial charge in [-0.1, -0.05) is 75.4 Å². The van der Waals surface area contributed by atoms with Gasteiger partial charge in [0.2, 0.25) is 0 Å². The van der Waals surface area contributed by atoms with Crippen LogP contribution < -0.4 is 10.1 Å². The third-order valence-corrected chi connectivity index (χ3v) is 5.02. The first-order chi connectivity index (χ1) is 13.6. The number of ether oxygens (including phenoxy) is 1. The lowest BCUT2D eigenvalue weighted by Crippen LogP contribution is -2.38. The zero-order chi connectivity index (χ0) is 19.9. The quantitative estimate of drug-likeness (QED) is 0.566. The second-order valence-electron chi connectivity index (χ2n) is 7.46. The molecule has 0 aliphatic carbocycles. The van der Waals surface area contributed by atoms with Crippen molar-refractivity contribution in [2.24, 2.45) is 0 Å². The van der Waals surface area contributed by atoms with Crippen molar-refractivity contribution in [3.63, 3.8) is 0 Å². The van der Waals surface area contributed by atoms with Crippen LogP contribution in [0.5, 0.6) is 5.75 Å². The molecule has 0 aromatic heterocycles. The molecule has 3 nitrogen and oxygen atoms in total. The molecule has 0 saturated carbocycles. The van der Waals surface area contributed by atoms with Crippen molar-refractivity contribution in [2.45, 2.75) is 45.6 Å². The Bertz CT molecular complexity index is 915. The fourth-order valence-corrected chi connectivity index (χ4v) is 3.24. The molecule has 1 amide bonds. The standard InChI is InChI=1S/C25H29NO2/c1-4-24(28-23-14-13-21-7-5-6-8-22(21)17-23)25(27)26-16-15-19-9-11-20(12-10-19)18(2)3/h5-14,17-18,24H,4,15-16H2,1-3H3,(H,26,27)/t24-/m1/s1. The number of carbonyl (C=O) groups excluding carboxylic acids is 1. The maximum absolute atomic E-state index is 12.5.